The summed E-state index contributed by atoms with van der Waals surface area (Å²) in [6.45, 7) is 8.63. The van der Waals surface area contributed by atoms with Gasteiger partial charge in [0.25, 0.3) is 0 Å². The Morgan fingerprint density at radius 1 is 1.45 bits per heavy atom. The molecule has 1 heterocycles. The molecule has 0 aliphatic rings. The van der Waals surface area contributed by atoms with Crippen molar-refractivity contribution in [2.45, 2.75) is 39.7 Å². The van der Waals surface area contributed by atoms with E-state index < -0.39 is 5.60 Å². The second-order valence-electron chi connectivity index (χ2n) is 5.85. The van der Waals surface area contributed by atoms with Gasteiger partial charge in [0.05, 0.1) is 6.61 Å². The molecule has 0 radical (unpaired) electrons. The molecule has 0 aliphatic heterocycles. The van der Waals surface area contributed by atoms with Crippen molar-refractivity contribution in [3.05, 3.63) is 11.8 Å². The summed E-state index contributed by atoms with van der Waals surface area (Å²) < 4.78 is 12.6. The Balaban J connectivity index is 2.25. The molecule has 6 heteroatoms. The van der Waals surface area contributed by atoms with E-state index in [0.717, 1.165) is 12.1 Å². The van der Waals surface area contributed by atoms with Crippen LogP contribution < -0.4 is 4.74 Å². The fraction of sp³-hybridized carbons (Fsp3) is 0.714. The van der Waals surface area contributed by atoms with E-state index >= 15 is 0 Å². The van der Waals surface area contributed by atoms with E-state index in [2.05, 4.69) is 5.10 Å². The van der Waals surface area contributed by atoms with Gasteiger partial charge in [0.15, 0.2) is 0 Å². The van der Waals surface area contributed by atoms with Crippen molar-refractivity contribution in [1.29, 1.82) is 0 Å². The maximum absolute atomic E-state index is 11.7. The summed E-state index contributed by atoms with van der Waals surface area (Å²) in [5.74, 6) is 0.616. The lowest BCUT2D eigenvalue weighted by Crippen LogP contribution is -2.35. The van der Waals surface area contributed by atoms with Crippen molar-refractivity contribution in [2.75, 3.05) is 20.2 Å². The van der Waals surface area contributed by atoms with Gasteiger partial charge in [-0.3, -0.25) is 4.68 Å². The van der Waals surface area contributed by atoms with E-state index in [0.29, 0.717) is 19.0 Å². The number of carbonyl (C=O) groups is 1. The zero-order valence-corrected chi connectivity index (χ0v) is 13.3. The van der Waals surface area contributed by atoms with E-state index in [1.165, 1.54) is 0 Å². The minimum atomic E-state index is -0.465. The number of carbonyl (C=O) groups excluding carboxylic acids is 1. The van der Waals surface area contributed by atoms with Crippen molar-refractivity contribution in [1.82, 2.24) is 14.7 Å². The number of aryl methyl sites for hydroxylation is 2. The highest BCUT2D eigenvalue weighted by molar-refractivity contribution is 5.67. The summed E-state index contributed by atoms with van der Waals surface area (Å²) >= 11 is 0. The highest BCUT2D eigenvalue weighted by Crippen LogP contribution is 2.11. The van der Waals surface area contributed by atoms with Crippen molar-refractivity contribution >= 4 is 6.09 Å². The molecule has 1 aromatic heterocycles. The molecule has 0 aliphatic carbocycles. The van der Waals surface area contributed by atoms with Crippen molar-refractivity contribution in [3.8, 4) is 5.88 Å². The van der Waals surface area contributed by atoms with Gasteiger partial charge in [0, 0.05) is 32.4 Å². The largest absolute Gasteiger partial charge is 0.477 e. The lowest BCUT2D eigenvalue weighted by atomic mass is 10.2. The van der Waals surface area contributed by atoms with Crippen LogP contribution in [0.1, 0.15) is 32.9 Å². The number of amides is 1. The zero-order chi connectivity index (χ0) is 15.3. The molecule has 20 heavy (non-hydrogen) atoms. The fourth-order valence-electron chi connectivity index (χ4n) is 1.51. The molecule has 0 N–H and O–H groups in total. The van der Waals surface area contributed by atoms with Gasteiger partial charge >= 0.3 is 6.09 Å². The Morgan fingerprint density at radius 2 is 2.10 bits per heavy atom. The van der Waals surface area contributed by atoms with Gasteiger partial charge in [0.1, 0.15) is 5.60 Å². The quantitative estimate of drug-likeness (QED) is 0.778. The fourth-order valence-corrected chi connectivity index (χ4v) is 1.51. The van der Waals surface area contributed by atoms with Gasteiger partial charge in [-0.05, 0) is 34.1 Å². The molecular formula is C14H25N3O3. The average molecular weight is 283 g/mol. The number of nitrogens with zero attached hydrogens (tertiary/aromatic N) is 3. The van der Waals surface area contributed by atoms with Gasteiger partial charge in [-0.1, -0.05) is 0 Å². The Hall–Kier alpha value is -1.72. The Bertz CT molecular complexity index is 430. The van der Waals surface area contributed by atoms with Crippen molar-refractivity contribution < 1.29 is 14.3 Å². The van der Waals surface area contributed by atoms with Crippen LogP contribution in [-0.4, -0.2) is 46.6 Å². The second kappa shape index (κ2) is 6.63. The van der Waals surface area contributed by atoms with Crippen LogP contribution in [0, 0.1) is 6.92 Å². The van der Waals surface area contributed by atoms with Crippen LogP contribution in [0.15, 0.2) is 6.07 Å². The molecule has 114 valence electrons. The van der Waals surface area contributed by atoms with Gasteiger partial charge in [-0.25, -0.2) is 4.79 Å². The number of hydrogen-bond acceptors (Lipinski definition) is 4. The summed E-state index contributed by atoms with van der Waals surface area (Å²) in [6.07, 6.45) is 0.414. The monoisotopic (exact) mass is 283 g/mol. The summed E-state index contributed by atoms with van der Waals surface area (Å²) in [5.41, 5.74) is 0.582. The van der Waals surface area contributed by atoms with E-state index in [1.54, 1.807) is 16.6 Å². The molecule has 0 bridgehead atoms. The van der Waals surface area contributed by atoms with E-state index in [-0.39, 0.29) is 6.09 Å². The van der Waals surface area contributed by atoms with E-state index in [1.807, 2.05) is 40.8 Å². The predicted molar refractivity (Wildman–Crippen MR) is 76.9 cm³/mol. The van der Waals surface area contributed by atoms with Gasteiger partial charge in [-0.2, -0.15) is 0 Å². The van der Waals surface area contributed by atoms with Gasteiger partial charge in [-0.15, -0.1) is 5.10 Å². The predicted octanol–water partition coefficient (Wildman–Crippen LogP) is 2.36. The van der Waals surface area contributed by atoms with Crippen LogP contribution in [0.2, 0.25) is 0 Å². The first-order valence-corrected chi connectivity index (χ1v) is 6.76. The Labute approximate surface area is 120 Å². The second-order valence-corrected chi connectivity index (χ2v) is 5.85. The van der Waals surface area contributed by atoms with Crippen LogP contribution >= 0.6 is 0 Å². The van der Waals surface area contributed by atoms with Crippen LogP contribution in [0.4, 0.5) is 4.79 Å². The SMILES string of the molecule is Cc1cc(OCCCN(C)C(=O)OC(C)(C)C)nn1C. The molecule has 1 rings (SSSR count). The third kappa shape index (κ3) is 5.50. The molecule has 0 saturated heterocycles. The highest BCUT2D eigenvalue weighted by Gasteiger charge is 2.19. The molecule has 0 atom stereocenters. The van der Waals surface area contributed by atoms with Crippen LogP contribution in [-0.2, 0) is 11.8 Å². The lowest BCUT2D eigenvalue weighted by Gasteiger charge is -2.24. The first kappa shape index (κ1) is 16.3. The Kier molecular flexibility index (Phi) is 5.42. The average Bonchev–Trinajstić information content (AvgIpc) is 2.62. The third-order valence-corrected chi connectivity index (χ3v) is 2.68. The minimum absolute atomic E-state index is 0.314. The van der Waals surface area contributed by atoms with Crippen molar-refractivity contribution in [2.24, 2.45) is 7.05 Å². The summed E-state index contributed by atoms with van der Waals surface area (Å²) in [5, 5.41) is 4.20. The normalized spacial score (nSPS) is 11.3. The molecule has 6 nitrogen and oxygen atoms in total. The molecule has 0 spiro atoms. The highest BCUT2D eigenvalue weighted by atomic mass is 16.6. The van der Waals surface area contributed by atoms with Crippen molar-refractivity contribution in [3.63, 3.8) is 0 Å². The molecule has 1 amide bonds. The number of ether oxygens (including phenoxy) is 2. The number of hydrogen-bond donors (Lipinski definition) is 0. The molecule has 0 fully saturated rings. The number of rotatable bonds is 5. The number of aromatic nitrogens is 2. The lowest BCUT2D eigenvalue weighted by molar-refractivity contribution is 0.0292. The van der Waals surface area contributed by atoms with Crippen LogP contribution in [0.25, 0.3) is 0 Å². The van der Waals surface area contributed by atoms with Gasteiger partial charge in [0.2, 0.25) is 5.88 Å². The van der Waals surface area contributed by atoms with E-state index in [4.69, 9.17) is 9.47 Å². The minimum Gasteiger partial charge on any atom is -0.477 e. The molecular weight excluding hydrogens is 258 g/mol. The smallest absolute Gasteiger partial charge is 0.410 e. The maximum atomic E-state index is 11.7. The summed E-state index contributed by atoms with van der Waals surface area (Å²) in [4.78, 5) is 13.3. The maximum Gasteiger partial charge on any atom is 0.410 e. The topological polar surface area (TPSA) is 56.6 Å². The van der Waals surface area contributed by atoms with E-state index in [9.17, 15) is 4.79 Å². The first-order chi connectivity index (χ1) is 9.19. The summed E-state index contributed by atoms with van der Waals surface area (Å²) in [7, 11) is 3.59. The zero-order valence-electron chi connectivity index (χ0n) is 13.3. The van der Waals surface area contributed by atoms with Crippen LogP contribution in [0.3, 0.4) is 0 Å². The van der Waals surface area contributed by atoms with Gasteiger partial charge < -0.3 is 14.4 Å². The van der Waals surface area contributed by atoms with Crippen LogP contribution in [0.5, 0.6) is 5.88 Å². The standard InChI is InChI=1S/C14H25N3O3/c1-11-10-12(15-17(11)6)19-9-7-8-16(5)13(18)20-14(2,3)4/h10H,7-9H2,1-6H3. The molecule has 0 saturated carbocycles. The Morgan fingerprint density at radius 3 is 2.60 bits per heavy atom. The molecule has 1 aromatic rings. The first-order valence-electron chi connectivity index (χ1n) is 6.76. The third-order valence-electron chi connectivity index (χ3n) is 2.68. The summed E-state index contributed by atoms with van der Waals surface area (Å²) in [6, 6.07) is 1.89. The molecule has 0 unspecified atom stereocenters. The molecule has 0 aromatic carbocycles.